The van der Waals surface area contributed by atoms with Gasteiger partial charge in [0.2, 0.25) is 0 Å². The lowest BCUT2D eigenvalue weighted by Gasteiger charge is -2.46. The fourth-order valence-corrected chi connectivity index (χ4v) is 20.3. The van der Waals surface area contributed by atoms with Crippen molar-refractivity contribution in [1.29, 1.82) is 0 Å². The Morgan fingerprint density at radius 3 is 0.873 bits per heavy atom. The van der Waals surface area contributed by atoms with Gasteiger partial charge in [-0.2, -0.15) is 0 Å². The van der Waals surface area contributed by atoms with Crippen LogP contribution >= 0.6 is 0 Å². The molecule has 0 atom stereocenters. The highest BCUT2D eigenvalue weighted by molar-refractivity contribution is 7.00. The highest BCUT2D eigenvalue weighted by Gasteiger charge is 2.47. The van der Waals surface area contributed by atoms with Gasteiger partial charge < -0.3 is 23.5 Å². The third-order valence-electron chi connectivity index (χ3n) is 27.3. The zero-order valence-corrected chi connectivity index (χ0v) is 76.1. The lowest BCUT2D eigenvalue weighted by Crippen LogP contribution is -2.61. The van der Waals surface area contributed by atoms with Crippen molar-refractivity contribution in [2.45, 2.75) is 157 Å². The third-order valence-corrected chi connectivity index (χ3v) is 27.3. The number of anilines is 6. The van der Waals surface area contributed by atoms with Crippen LogP contribution in [-0.2, 0) is 32.5 Å². The number of aromatic nitrogens is 3. The molecule has 0 N–H and O–H groups in total. The highest BCUT2D eigenvalue weighted by atomic mass is 15.2. The Morgan fingerprint density at radius 2 is 0.484 bits per heavy atom. The molecule has 19 aromatic rings. The van der Waals surface area contributed by atoms with Gasteiger partial charge in [-0.3, -0.25) is 0 Å². The lowest BCUT2D eigenvalue weighted by molar-refractivity contribution is 0.569. The summed E-state index contributed by atoms with van der Waals surface area (Å²) in [6.07, 6.45) is 0. The van der Waals surface area contributed by atoms with Crippen LogP contribution in [0, 0.1) is 0 Å². The van der Waals surface area contributed by atoms with E-state index in [1.807, 2.05) is 0 Å². The highest BCUT2D eigenvalue weighted by Crippen LogP contribution is 2.57. The number of hydrogen-bond acceptors (Lipinski definition) is 2. The number of fused-ring (bicyclic) bond motifs is 13. The summed E-state index contributed by atoms with van der Waals surface area (Å²) >= 11 is 0. The Bertz CT molecular complexity index is 7340. The van der Waals surface area contributed by atoms with Crippen LogP contribution in [-0.4, -0.2) is 20.4 Å². The predicted octanol–water partition coefficient (Wildman–Crippen LogP) is 31.2. The van der Waals surface area contributed by atoms with E-state index in [9.17, 15) is 0 Å². The summed E-state index contributed by atoms with van der Waals surface area (Å²) in [5.74, 6) is 0. The van der Waals surface area contributed by atoms with E-state index in [-0.39, 0.29) is 39.2 Å². The molecule has 5 nitrogen and oxygen atoms in total. The summed E-state index contributed by atoms with van der Waals surface area (Å²) in [5, 5.41) is 7.31. The quantitative estimate of drug-likeness (QED) is 0.127. The molecule has 0 radical (unpaired) electrons. The van der Waals surface area contributed by atoms with Crippen LogP contribution in [0.25, 0.3) is 138 Å². The van der Waals surface area contributed by atoms with E-state index in [0.717, 1.165) is 112 Å². The van der Waals surface area contributed by atoms with E-state index < -0.39 is 0 Å². The number of hydrogen-bond donors (Lipinski definition) is 0. The van der Waals surface area contributed by atoms with E-state index in [0.29, 0.717) is 0 Å². The second kappa shape index (κ2) is 29.1. The van der Waals surface area contributed by atoms with Crippen molar-refractivity contribution in [3.63, 3.8) is 0 Å². The molecule has 0 amide bonds. The predicted molar refractivity (Wildman–Crippen MR) is 543 cm³/mol. The Labute approximate surface area is 744 Å². The van der Waals surface area contributed by atoms with E-state index in [1.165, 1.54) is 110 Å². The average Bonchev–Trinajstić information content (AvgIpc) is 0.698. The van der Waals surface area contributed by atoms with Crippen LogP contribution < -0.4 is 26.2 Å². The minimum Gasteiger partial charge on any atom is -0.310 e. The van der Waals surface area contributed by atoms with Gasteiger partial charge in [-0.15, -0.1) is 0 Å². The van der Waals surface area contributed by atoms with Crippen LogP contribution in [0.3, 0.4) is 0 Å². The molecule has 2 aliphatic rings. The molecule has 618 valence electrons. The SMILES string of the molecule is CC(C)(C)c1cc(-c2ccc3c(c2)N(c2c(-c4ccccc4)cc(C(C)(C)C)cc2-c2ccccc2)c2cc(-n4c5ccccc5c5cc(-n6c7ccccc7c7ccccc76)ccc54)cc4c2B3c2ccc(-n3c5ccc(C(C)(C)C)cc5c5cc(C(C)(C)C)ccc53)cc2N4c2c(-c3ccccc3)cc(C(C)(C)C)cc2-c2ccccc2)cc(C(C)(C)C)c1. The molecule has 0 spiro atoms. The molecule has 0 saturated carbocycles. The number of rotatable bonds is 10. The first-order chi connectivity index (χ1) is 60.3. The Hall–Kier alpha value is -13.4. The maximum atomic E-state index is 2.77. The first kappa shape index (κ1) is 79.7. The molecular formula is C120H110BN5. The smallest absolute Gasteiger partial charge is 0.252 e. The van der Waals surface area contributed by atoms with Crippen LogP contribution in [0.2, 0.25) is 0 Å². The summed E-state index contributed by atoms with van der Waals surface area (Å²) in [6, 6.07) is 132. The zero-order chi connectivity index (χ0) is 87.2. The number of para-hydroxylation sites is 3. The lowest BCUT2D eigenvalue weighted by atomic mass is 9.33. The molecule has 6 heteroatoms. The van der Waals surface area contributed by atoms with Crippen molar-refractivity contribution in [1.82, 2.24) is 13.7 Å². The number of nitrogens with zero attached hydrogens (tertiary/aromatic N) is 5. The van der Waals surface area contributed by atoms with Gasteiger partial charge in [0.05, 0.1) is 50.2 Å². The first-order valence-electron chi connectivity index (χ1n) is 45.2. The zero-order valence-electron chi connectivity index (χ0n) is 76.1. The molecule has 3 aromatic heterocycles. The van der Waals surface area contributed by atoms with Crippen molar-refractivity contribution in [3.05, 3.63) is 373 Å². The van der Waals surface area contributed by atoms with E-state index >= 15 is 0 Å². The van der Waals surface area contributed by atoms with Crippen molar-refractivity contribution in [3.8, 4) is 72.7 Å². The van der Waals surface area contributed by atoms with Crippen molar-refractivity contribution in [2.75, 3.05) is 9.80 Å². The third kappa shape index (κ3) is 13.3. The summed E-state index contributed by atoms with van der Waals surface area (Å²) in [7, 11) is 0. The Morgan fingerprint density at radius 1 is 0.190 bits per heavy atom. The second-order valence-electron chi connectivity index (χ2n) is 41.8. The normalized spacial score (nSPS) is 13.3. The second-order valence-corrected chi connectivity index (χ2v) is 41.8. The van der Waals surface area contributed by atoms with Gasteiger partial charge in [0.1, 0.15) is 0 Å². The van der Waals surface area contributed by atoms with Gasteiger partial charge in [0.15, 0.2) is 0 Å². The monoisotopic (exact) mass is 1630 g/mol. The van der Waals surface area contributed by atoms with Crippen LogP contribution in [0.15, 0.2) is 340 Å². The summed E-state index contributed by atoms with van der Waals surface area (Å²) < 4.78 is 7.67. The minimum atomic E-state index is -0.326. The van der Waals surface area contributed by atoms with Gasteiger partial charge in [-0.1, -0.05) is 349 Å². The molecule has 0 aliphatic carbocycles. The van der Waals surface area contributed by atoms with Crippen molar-refractivity contribution >= 4 is 123 Å². The summed E-state index contributed by atoms with van der Waals surface area (Å²) in [5.41, 5.74) is 38.8. The van der Waals surface area contributed by atoms with Gasteiger partial charge >= 0.3 is 0 Å². The summed E-state index contributed by atoms with van der Waals surface area (Å²) in [6.45, 7) is 42.2. The molecule has 2 aliphatic heterocycles. The van der Waals surface area contributed by atoms with Crippen LogP contribution in [0.5, 0.6) is 0 Å². The van der Waals surface area contributed by atoms with E-state index in [1.54, 1.807) is 0 Å². The van der Waals surface area contributed by atoms with Gasteiger partial charge in [0, 0.05) is 88.7 Å². The maximum absolute atomic E-state index is 2.77. The topological polar surface area (TPSA) is 21.3 Å². The summed E-state index contributed by atoms with van der Waals surface area (Å²) in [4.78, 5) is 5.54. The van der Waals surface area contributed by atoms with Gasteiger partial charge in [-0.05, 0) is 231 Å². The molecule has 16 aromatic carbocycles. The molecule has 0 unspecified atom stereocenters. The van der Waals surface area contributed by atoms with Crippen LogP contribution in [0.1, 0.15) is 158 Å². The average molecular weight is 1630 g/mol. The van der Waals surface area contributed by atoms with Crippen LogP contribution in [0.4, 0.5) is 34.1 Å². The molecule has 0 bridgehead atoms. The molecule has 126 heavy (non-hydrogen) atoms. The van der Waals surface area contributed by atoms with Gasteiger partial charge in [0.25, 0.3) is 6.71 Å². The van der Waals surface area contributed by atoms with Crippen molar-refractivity contribution < 1.29 is 0 Å². The standard InChI is InChI=1S/C120H110BN5/c1-115(2,3)81-52-58-105-97(65-81)98-66-82(116(4,5)6)53-59-106(98)123(105)88-54-57-101-109(72-88)126(114-95(77-41-27-21-28-42-77)69-86(120(16,17)18)70-96(114)78-43-29-22-30-44-78)111-74-89(124-104-50-36-33-47-92(104)99-71-87(55-60-107(99)124)122-102-48-34-31-45-90(102)91-46-32-35-49-103(91)122)73-110-112(111)121(101)100-56-51-79(80-61-83(117(7,8)9)64-84(62-80)118(10,11)12)63-108(100)125(110)113-93(75-37-23-19-24-38-75)67-85(119(13,14)15)68-94(113)76-39-25-20-26-40-76/h19-74H,1-18H3. The fraction of sp³-hybridized carbons (Fsp3) is 0.200. The van der Waals surface area contributed by atoms with Gasteiger partial charge in [-0.25, -0.2) is 0 Å². The molecule has 0 saturated heterocycles. The minimum absolute atomic E-state index is 0.0900. The fourth-order valence-electron chi connectivity index (χ4n) is 20.3. The first-order valence-corrected chi connectivity index (χ1v) is 45.2. The molecular weight excluding hydrogens is 1520 g/mol. The molecule has 5 heterocycles. The maximum Gasteiger partial charge on any atom is 0.252 e. The largest absolute Gasteiger partial charge is 0.310 e. The van der Waals surface area contributed by atoms with Crippen molar-refractivity contribution in [2.24, 2.45) is 0 Å². The van der Waals surface area contributed by atoms with E-state index in [4.69, 9.17) is 0 Å². The van der Waals surface area contributed by atoms with E-state index in [2.05, 4.69) is 488 Å². The molecule has 21 rings (SSSR count). The Kier molecular flexibility index (Phi) is 18.4. The Balaban J connectivity index is 0.971. The number of benzene rings is 16. The molecule has 0 fully saturated rings.